The number of carboxylic acids is 1. The largest absolute Gasteiger partial charge is 0.481 e. The van der Waals surface area contributed by atoms with Crippen molar-refractivity contribution >= 4 is 16.9 Å². The minimum absolute atomic E-state index is 0.344. The van der Waals surface area contributed by atoms with Gasteiger partial charge in [0.1, 0.15) is 5.75 Å². The Labute approximate surface area is 85.7 Å². The fraction of sp³-hybridized carbons (Fsp3) is 0.200. The lowest BCUT2D eigenvalue weighted by atomic mass is 10.2. The molecule has 0 spiro atoms. The first kappa shape index (κ1) is 9.51. The first-order chi connectivity index (χ1) is 7.18. The zero-order valence-electron chi connectivity index (χ0n) is 8.15. The van der Waals surface area contributed by atoms with Crippen molar-refractivity contribution in [3.8, 4) is 5.75 Å². The molecule has 5 nitrogen and oxygen atoms in total. The molecule has 0 radical (unpaired) electrons. The van der Waals surface area contributed by atoms with Gasteiger partial charge in [0.15, 0.2) is 6.61 Å². The normalized spacial score (nSPS) is 10.5. The number of fused-ring (bicyclic) bond motifs is 1. The Morgan fingerprint density at radius 3 is 3.13 bits per heavy atom. The van der Waals surface area contributed by atoms with E-state index in [1.54, 1.807) is 12.1 Å². The maximum absolute atomic E-state index is 10.4. The van der Waals surface area contributed by atoms with Crippen LogP contribution in [0.5, 0.6) is 5.75 Å². The number of hydrogen-bond donors (Lipinski definition) is 2. The molecular weight excluding hydrogens is 196 g/mol. The molecule has 0 fully saturated rings. The van der Waals surface area contributed by atoms with Crippen LogP contribution in [0.25, 0.3) is 10.9 Å². The standard InChI is InChI=1S/C10H10N2O3/c1-6-10-7(12-11-6)3-2-4-8(10)15-5-9(13)14/h2-4H,5H2,1H3,(H,11,12)(H,13,14). The van der Waals surface area contributed by atoms with Gasteiger partial charge in [-0.05, 0) is 19.1 Å². The molecule has 0 aliphatic rings. The Balaban J connectivity index is 2.41. The summed E-state index contributed by atoms with van der Waals surface area (Å²) in [6.45, 7) is 1.52. The minimum Gasteiger partial charge on any atom is -0.481 e. The second-order valence-electron chi connectivity index (χ2n) is 3.18. The highest BCUT2D eigenvalue weighted by Gasteiger charge is 2.08. The second kappa shape index (κ2) is 3.61. The summed E-state index contributed by atoms with van der Waals surface area (Å²) in [5, 5.41) is 16.2. The van der Waals surface area contributed by atoms with Gasteiger partial charge in [-0.25, -0.2) is 4.79 Å². The van der Waals surface area contributed by atoms with Crippen LogP contribution in [0.4, 0.5) is 0 Å². The molecule has 2 N–H and O–H groups in total. The van der Waals surface area contributed by atoms with E-state index in [1.807, 2.05) is 13.0 Å². The number of benzene rings is 1. The summed E-state index contributed by atoms with van der Waals surface area (Å²) in [6, 6.07) is 5.35. The summed E-state index contributed by atoms with van der Waals surface area (Å²) in [6.07, 6.45) is 0. The lowest BCUT2D eigenvalue weighted by molar-refractivity contribution is -0.139. The number of H-pyrrole nitrogens is 1. The van der Waals surface area contributed by atoms with Crippen molar-refractivity contribution in [3.63, 3.8) is 0 Å². The molecule has 1 heterocycles. The Bertz CT molecular complexity index is 504. The Kier molecular flexibility index (Phi) is 2.29. The number of carbonyl (C=O) groups is 1. The van der Waals surface area contributed by atoms with E-state index in [0.29, 0.717) is 5.75 Å². The van der Waals surface area contributed by atoms with Gasteiger partial charge in [-0.15, -0.1) is 0 Å². The fourth-order valence-electron chi connectivity index (χ4n) is 1.45. The van der Waals surface area contributed by atoms with Crippen LogP contribution in [-0.2, 0) is 4.79 Å². The zero-order valence-corrected chi connectivity index (χ0v) is 8.15. The third kappa shape index (κ3) is 1.76. The van der Waals surface area contributed by atoms with Gasteiger partial charge in [-0.1, -0.05) is 6.07 Å². The number of aromatic nitrogens is 2. The summed E-state index contributed by atoms with van der Waals surface area (Å²) in [5.74, 6) is -0.450. The SMILES string of the molecule is Cc1[nH]nc2cccc(OCC(=O)O)c12. The van der Waals surface area contributed by atoms with Crippen molar-refractivity contribution in [2.75, 3.05) is 6.61 Å². The predicted molar refractivity (Wildman–Crippen MR) is 54.0 cm³/mol. The highest BCUT2D eigenvalue weighted by Crippen LogP contribution is 2.26. The van der Waals surface area contributed by atoms with Gasteiger partial charge in [0.05, 0.1) is 10.9 Å². The summed E-state index contributed by atoms with van der Waals surface area (Å²) in [5.41, 5.74) is 1.64. The van der Waals surface area contributed by atoms with Crippen molar-refractivity contribution in [1.29, 1.82) is 0 Å². The molecule has 1 aromatic carbocycles. The highest BCUT2D eigenvalue weighted by molar-refractivity contribution is 5.87. The van der Waals surface area contributed by atoms with E-state index in [-0.39, 0.29) is 6.61 Å². The van der Waals surface area contributed by atoms with Crippen LogP contribution in [-0.4, -0.2) is 27.9 Å². The van der Waals surface area contributed by atoms with Crippen LogP contribution >= 0.6 is 0 Å². The quantitative estimate of drug-likeness (QED) is 0.794. The predicted octanol–water partition coefficient (Wildman–Crippen LogP) is 1.33. The van der Waals surface area contributed by atoms with Crippen molar-refractivity contribution in [2.45, 2.75) is 6.92 Å². The minimum atomic E-state index is -0.992. The number of carboxylic acid groups (broad SMARTS) is 1. The van der Waals surface area contributed by atoms with Crippen molar-refractivity contribution in [1.82, 2.24) is 10.2 Å². The van der Waals surface area contributed by atoms with Gasteiger partial charge in [0.2, 0.25) is 0 Å². The molecule has 0 bridgehead atoms. The molecule has 0 atom stereocenters. The molecular formula is C10H10N2O3. The van der Waals surface area contributed by atoms with E-state index in [9.17, 15) is 4.79 Å². The summed E-state index contributed by atoms with van der Waals surface area (Å²) >= 11 is 0. The molecule has 0 saturated heterocycles. The smallest absolute Gasteiger partial charge is 0.341 e. The number of hydrogen-bond acceptors (Lipinski definition) is 3. The summed E-state index contributed by atoms with van der Waals surface area (Å²) in [4.78, 5) is 10.4. The highest BCUT2D eigenvalue weighted by atomic mass is 16.5. The van der Waals surface area contributed by atoms with Gasteiger partial charge in [0, 0.05) is 5.69 Å². The van der Waals surface area contributed by atoms with Crippen LogP contribution in [0.3, 0.4) is 0 Å². The van der Waals surface area contributed by atoms with Crippen LogP contribution in [0.2, 0.25) is 0 Å². The van der Waals surface area contributed by atoms with Crippen LogP contribution < -0.4 is 4.74 Å². The first-order valence-corrected chi connectivity index (χ1v) is 4.47. The third-order valence-electron chi connectivity index (χ3n) is 2.07. The molecule has 5 heteroatoms. The molecule has 0 saturated carbocycles. The van der Waals surface area contributed by atoms with E-state index in [2.05, 4.69) is 10.2 Å². The number of aryl methyl sites for hydroxylation is 1. The average molecular weight is 206 g/mol. The van der Waals surface area contributed by atoms with Crippen LogP contribution in [0, 0.1) is 6.92 Å². The van der Waals surface area contributed by atoms with Gasteiger partial charge in [-0.3, -0.25) is 5.10 Å². The number of aliphatic carboxylic acids is 1. The van der Waals surface area contributed by atoms with E-state index in [4.69, 9.17) is 9.84 Å². The second-order valence-corrected chi connectivity index (χ2v) is 3.18. The van der Waals surface area contributed by atoms with E-state index in [0.717, 1.165) is 16.6 Å². The molecule has 2 aromatic rings. The molecule has 1 aromatic heterocycles. The Morgan fingerprint density at radius 1 is 1.60 bits per heavy atom. The van der Waals surface area contributed by atoms with E-state index >= 15 is 0 Å². The topological polar surface area (TPSA) is 75.2 Å². The van der Waals surface area contributed by atoms with Gasteiger partial charge in [-0.2, -0.15) is 5.10 Å². The lowest BCUT2D eigenvalue weighted by Crippen LogP contribution is -2.09. The van der Waals surface area contributed by atoms with Crippen LogP contribution in [0.15, 0.2) is 18.2 Å². The number of ether oxygens (including phenoxy) is 1. The average Bonchev–Trinajstić information content (AvgIpc) is 2.58. The molecule has 0 aliphatic heterocycles. The van der Waals surface area contributed by atoms with Gasteiger partial charge < -0.3 is 9.84 Å². The third-order valence-corrected chi connectivity index (χ3v) is 2.07. The van der Waals surface area contributed by atoms with E-state index in [1.165, 1.54) is 0 Å². The maximum Gasteiger partial charge on any atom is 0.341 e. The van der Waals surface area contributed by atoms with Gasteiger partial charge >= 0.3 is 5.97 Å². The van der Waals surface area contributed by atoms with Gasteiger partial charge in [0.25, 0.3) is 0 Å². The van der Waals surface area contributed by atoms with E-state index < -0.39 is 5.97 Å². The molecule has 0 unspecified atom stereocenters. The molecule has 0 aliphatic carbocycles. The van der Waals surface area contributed by atoms with Crippen LogP contribution in [0.1, 0.15) is 5.69 Å². The number of rotatable bonds is 3. The first-order valence-electron chi connectivity index (χ1n) is 4.47. The zero-order chi connectivity index (χ0) is 10.8. The maximum atomic E-state index is 10.4. The monoisotopic (exact) mass is 206 g/mol. The number of nitrogens with zero attached hydrogens (tertiary/aromatic N) is 1. The lowest BCUT2D eigenvalue weighted by Gasteiger charge is -2.04. The Morgan fingerprint density at radius 2 is 2.40 bits per heavy atom. The molecule has 15 heavy (non-hydrogen) atoms. The fourth-order valence-corrected chi connectivity index (χ4v) is 1.45. The summed E-state index contributed by atoms with van der Waals surface area (Å²) < 4.78 is 5.16. The van der Waals surface area contributed by atoms with Crippen molar-refractivity contribution in [3.05, 3.63) is 23.9 Å². The van der Waals surface area contributed by atoms with Crippen molar-refractivity contribution in [2.24, 2.45) is 0 Å². The van der Waals surface area contributed by atoms with Crippen molar-refractivity contribution < 1.29 is 14.6 Å². The number of nitrogens with one attached hydrogen (secondary N) is 1. The molecule has 0 amide bonds. The number of aromatic amines is 1. The molecule has 2 rings (SSSR count). The summed E-state index contributed by atoms with van der Waals surface area (Å²) in [7, 11) is 0. The Hall–Kier alpha value is -2.04. The molecule has 78 valence electrons.